The van der Waals surface area contributed by atoms with Crippen molar-refractivity contribution >= 4 is 16.1 Å². The molecule has 1 aromatic rings. The Kier molecular flexibility index (Phi) is 1.73. The molecule has 1 aliphatic heterocycles. The quantitative estimate of drug-likeness (QED) is 0.631. The third-order valence-electron chi connectivity index (χ3n) is 2.01. The summed E-state index contributed by atoms with van der Waals surface area (Å²) in [5.41, 5.74) is 1.27. The lowest BCUT2D eigenvalue weighted by atomic mass is 10.3. The molecule has 0 saturated heterocycles. The molecule has 0 unspecified atom stereocenters. The Morgan fingerprint density at radius 2 is 2.23 bits per heavy atom. The number of H-pyrrole nitrogens is 1. The van der Waals surface area contributed by atoms with Crippen molar-refractivity contribution in [2.75, 3.05) is 5.75 Å². The number of fused-ring (bicyclic) bond motifs is 1. The number of aryl methyl sites for hydroxylation is 1. The van der Waals surface area contributed by atoms with Gasteiger partial charge in [0, 0.05) is 6.42 Å². The summed E-state index contributed by atoms with van der Waals surface area (Å²) in [5.74, 6) is 0.314. The zero-order valence-corrected chi connectivity index (χ0v) is 7.60. The van der Waals surface area contributed by atoms with Crippen molar-refractivity contribution in [2.45, 2.75) is 12.2 Å². The number of aromatic amines is 1. The summed E-state index contributed by atoms with van der Waals surface area (Å²) >= 11 is 0. The second-order valence-electron chi connectivity index (χ2n) is 3.01. The van der Waals surface area contributed by atoms with Crippen molar-refractivity contribution in [3.63, 3.8) is 0 Å². The molecule has 70 valence electrons. The lowest BCUT2D eigenvalue weighted by Gasteiger charge is -2.09. The number of imidazole rings is 1. The van der Waals surface area contributed by atoms with Crippen LogP contribution in [-0.4, -0.2) is 30.4 Å². The Bertz CT molecular complexity index is 446. The lowest BCUT2D eigenvalue weighted by molar-refractivity contribution is 0.111. The second kappa shape index (κ2) is 2.66. The highest BCUT2D eigenvalue weighted by molar-refractivity contribution is 7.90. The molecule has 0 saturated carbocycles. The molecule has 5 nitrogen and oxygen atoms in total. The highest BCUT2D eigenvalue weighted by atomic mass is 32.2. The third-order valence-corrected chi connectivity index (χ3v) is 3.56. The van der Waals surface area contributed by atoms with Crippen LogP contribution in [0.2, 0.25) is 0 Å². The number of hydrogen-bond donors (Lipinski definition) is 1. The molecule has 2 rings (SSSR count). The van der Waals surface area contributed by atoms with E-state index >= 15 is 0 Å². The zero-order chi connectivity index (χ0) is 9.47. The van der Waals surface area contributed by atoms with Gasteiger partial charge in [0.05, 0.1) is 22.9 Å². The van der Waals surface area contributed by atoms with E-state index in [1.54, 1.807) is 0 Å². The van der Waals surface area contributed by atoms with Crippen LogP contribution in [0.15, 0.2) is 0 Å². The summed E-state index contributed by atoms with van der Waals surface area (Å²) in [5, 5.41) is 0. The highest BCUT2D eigenvalue weighted by Crippen LogP contribution is 2.17. The molecule has 0 aromatic carbocycles. The lowest BCUT2D eigenvalue weighted by Crippen LogP contribution is -2.18. The highest BCUT2D eigenvalue weighted by Gasteiger charge is 2.24. The molecule has 0 spiro atoms. The number of hydrogen-bond acceptors (Lipinski definition) is 4. The number of sulfone groups is 1. The van der Waals surface area contributed by atoms with Crippen LogP contribution >= 0.6 is 0 Å². The maximum absolute atomic E-state index is 11.2. The van der Waals surface area contributed by atoms with E-state index in [0.29, 0.717) is 24.1 Å². The van der Waals surface area contributed by atoms with E-state index in [1.165, 1.54) is 0 Å². The van der Waals surface area contributed by atoms with Gasteiger partial charge in [0.2, 0.25) is 0 Å². The van der Waals surface area contributed by atoms with E-state index < -0.39 is 9.84 Å². The van der Waals surface area contributed by atoms with Gasteiger partial charge >= 0.3 is 0 Å². The summed E-state index contributed by atoms with van der Waals surface area (Å²) in [6.45, 7) is 0. The number of carbonyl (C=O) groups is 1. The number of carbonyl (C=O) groups excluding carboxylic acids is 1. The monoisotopic (exact) mass is 200 g/mol. The normalized spacial score (nSPS) is 19.4. The molecule has 1 N–H and O–H groups in total. The van der Waals surface area contributed by atoms with Crippen LogP contribution in [-0.2, 0) is 22.0 Å². The fourth-order valence-corrected chi connectivity index (χ4v) is 2.72. The molecule has 0 radical (unpaired) electrons. The van der Waals surface area contributed by atoms with E-state index in [4.69, 9.17) is 0 Å². The first kappa shape index (κ1) is 8.43. The van der Waals surface area contributed by atoms with Gasteiger partial charge in [-0.25, -0.2) is 13.4 Å². The largest absolute Gasteiger partial charge is 0.339 e. The fraction of sp³-hybridized carbons (Fsp3) is 0.429. The summed E-state index contributed by atoms with van der Waals surface area (Å²) in [6.07, 6.45) is 0.993. The van der Waals surface area contributed by atoms with Crippen LogP contribution in [0.1, 0.15) is 22.0 Å². The van der Waals surface area contributed by atoms with E-state index in [9.17, 15) is 13.2 Å². The van der Waals surface area contributed by atoms with E-state index in [-0.39, 0.29) is 17.3 Å². The minimum absolute atomic E-state index is 0.0246. The molecule has 1 aromatic heterocycles. The van der Waals surface area contributed by atoms with Crippen LogP contribution in [0.3, 0.4) is 0 Å². The van der Waals surface area contributed by atoms with Crippen LogP contribution in [0.5, 0.6) is 0 Å². The van der Waals surface area contributed by atoms with Crippen molar-refractivity contribution in [3.05, 3.63) is 17.2 Å². The van der Waals surface area contributed by atoms with Crippen LogP contribution in [0.4, 0.5) is 0 Å². The van der Waals surface area contributed by atoms with Gasteiger partial charge in [-0.3, -0.25) is 4.79 Å². The zero-order valence-electron chi connectivity index (χ0n) is 6.78. The van der Waals surface area contributed by atoms with Crippen LogP contribution in [0, 0.1) is 0 Å². The van der Waals surface area contributed by atoms with Gasteiger partial charge in [-0.2, -0.15) is 0 Å². The van der Waals surface area contributed by atoms with Gasteiger partial charge in [-0.05, 0) is 0 Å². The first-order valence-electron chi connectivity index (χ1n) is 3.84. The average Bonchev–Trinajstić information content (AvgIpc) is 2.44. The maximum atomic E-state index is 11.2. The topological polar surface area (TPSA) is 79.9 Å². The Labute approximate surface area is 75.1 Å². The maximum Gasteiger partial charge on any atom is 0.185 e. The van der Waals surface area contributed by atoms with Gasteiger partial charge in [0.15, 0.2) is 21.9 Å². The van der Waals surface area contributed by atoms with Crippen LogP contribution < -0.4 is 0 Å². The summed E-state index contributed by atoms with van der Waals surface area (Å²) in [6, 6.07) is 0. The Hall–Kier alpha value is -1.17. The molecule has 0 aliphatic carbocycles. The van der Waals surface area contributed by atoms with Gasteiger partial charge in [0.1, 0.15) is 0 Å². The molecule has 0 amide bonds. The van der Waals surface area contributed by atoms with E-state index in [1.807, 2.05) is 0 Å². The summed E-state index contributed by atoms with van der Waals surface area (Å²) in [4.78, 5) is 17.0. The minimum Gasteiger partial charge on any atom is -0.339 e. The predicted octanol–water partition coefficient (Wildman–Crippen LogP) is -0.307. The number of rotatable bonds is 1. The first-order chi connectivity index (χ1) is 6.11. The predicted molar refractivity (Wildman–Crippen MR) is 45.2 cm³/mol. The average molecular weight is 200 g/mol. The molecular formula is C7H8N2O3S. The number of nitrogens with one attached hydrogen (secondary N) is 1. The molecule has 0 atom stereocenters. The van der Waals surface area contributed by atoms with Crippen molar-refractivity contribution in [3.8, 4) is 0 Å². The molecule has 13 heavy (non-hydrogen) atoms. The second-order valence-corrected chi connectivity index (χ2v) is 5.19. The SMILES string of the molecule is O=Cc1nc2c([nH]1)CS(=O)(=O)CC2. The molecule has 1 aliphatic rings. The van der Waals surface area contributed by atoms with E-state index in [0.717, 1.165) is 0 Å². The fourth-order valence-electron chi connectivity index (χ4n) is 1.39. The molecular weight excluding hydrogens is 192 g/mol. The molecule has 6 heteroatoms. The van der Waals surface area contributed by atoms with Gasteiger partial charge in [-0.1, -0.05) is 0 Å². The smallest absolute Gasteiger partial charge is 0.185 e. The Balaban J connectivity index is 2.46. The number of nitrogens with zero attached hydrogens (tertiary/aromatic N) is 1. The van der Waals surface area contributed by atoms with Crippen molar-refractivity contribution in [1.29, 1.82) is 0 Å². The van der Waals surface area contributed by atoms with E-state index in [2.05, 4.69) is 9.97 Å². The van der Waals surface area contributed by atoms with Gasteiger partial charge < -0.3 is 4.98 Å². The standard InChI is InChI=1S/C7H8N2O3S/c10-3-7-8-5-1-2-13(11,12)4-6(5)9-7/h3H,1-2,4H2,(H,8,9). The van der Waals surface area contributed by atoms with Crippen LogP contribution in [0.25, 0.3) is 0 Å². The molecule has 2 heterocycles. The number of aromatic nitrogens is 2. The van der Waals surface area contributed by atoms with Crippen molar-refractivity contribution < 1.29 is 13.2 Å². The van der Waals surface area contributed by atoms with Gasteiger partial charge in [0.25, 0.3) is 0 Å². The summed E-state index contributed by atoms with van der Waals surface area (Å²) < 4.78 is 22.3. The minimum atomic E-state index is -2.98. The Morgan fingerprint density at radius 1 is 1.46 bits per heavy atom. The first-order valence-corrected chi connectivity index (χ1v) is 5.66. The van der Waals surface area contributed by atoms with Crippen molar-refractivity contribution in [1.82, 2.24) is 9.97 Å². The number of aldehydes is 1. The third kappa shape index (κ3) is 1.49. The van der Waals surface area contributed by atoms with Crippen molar-refractivity contribution in [2.24, 2.45) is 0 Å². The van der Waals surface area contributed by atoms with Gasteiger partial charge in [-0.15, -0.1) is 0 Å². The summed E-state index contributed by atoms with van der Waals surface area (Å²) in [7, 11) is -2.98. The Morgan fingerprint density at radius 3 is 2.92 bits per heavy atom. The molecule has 0 bridgehead atoms. The molecule has 0 fully saturated rings.